The summed E-state index contributed by atoms with van der Waals surface area (Å²) in [6.07, 6.45) is 3.88. The summed E-state index contributed by atoms with van der Waals surface area (Å²) in [4.78, 5) is 31.4. The average molecular weight is 282 g/mol. The summed E-state index contributed by atoms with van der Waals surface area (Å²) in [6, 6.07) is -0.670. The maximum absolute atomic E-state index is 12.1. The second-order valence-electron chi connectivity index (χ2n) is 4.54. The first-order valence-corrected chi connectivity index (χ1v) is 6.49. The van der Waals surface area contributed by atoms with Crippen molar-refractivity contribution in [1.29, 1.82) is 0 Å². The predicted octanol–water partition coefficient (Wildman–Crippen LogP) is -0.163. The number of carboxylic acid groups (broad SMARTS) is 1. The molecule has 0 spiro atoms. The van der Waals surface area contributed by atoms with Crippen LogP contribution < -0.4 is 5.32 Å². The van der Waals surface area contributed by atoms with Crippen molar-refractivity contribution in [3.05, 3.63) is 18.2 Å². The number of imidazole rings is 1. The lowest BCUT2D eigenvalue weighted by molar-refractivity contribution is -0.139. The maximum atomic E-state index is 12.1. The first-order valence-electron chi connectivity index (χ1n) is 6.49. The van der Waals surface area contributed by atoms with Crippen LogP contribution in [0.1, 0.15) is 12.2 Å². The van der Waals surface area contributed by atoms with Gasteiger partial charge in [-0.3, -0.25) is 4.79 Å². The van der Waals surface area contributed by atoms with Gasteiger partial charge in [0, 0.05) is 31.9 Å². The van der Waals surface area contributed by atoms with E-state index in [1.807, 2.05) is 0 Å². The minimum Gasteiger partial charge on any atom is -0.481 e. The molecule has 1 unspecified atom stereocenters. The number of carbonyl (C=O) groups is 2. The highest BCUT2D eigenvalue weighted by Crippen LogP contribution is 2.10. The fourth-order valence-electron chi connectivity index (χ4n) is 2.12. The molecule has 1 aromatic heterocycles. The third kappa shape index (κ3) is 3.95. The Morgan fingerprint density at radius 2 is 2.45 bits per heavy atom. The van der Waals surface area contributed by atoms with Crippen LogP contribution in [0.3, 0.4) is 0 Å². The Balaban J connectivity index is 1.81. The largest absolute Gasteiger partial charge is 0.481 e. The van der Waals surface area contributed by atoms with Gasteiger partial charge in [-0.05, 0) is 0 Å². The number of hydrogen-bond acceptors (Lipinski definition) is 4. The van der Waals surface area contributed by atoms with E-state index in [0.717, 1.165) is 5.82 Å². The topological polar surface area (TPSA) is 108 Å². The van der Waals surface area contributed by atoms with E-state index in [4.69, 9.17) is 9.84 Å². The van der Waals surface area contributed by atoms with Crippen molar-refractivity contribution in [3.63, 3.8) is 0 Å². The number of rotatable bonds is 5. The summed E-state index contributed by atoms with van der Waals surface area (Å²) in [6.45, 7) is 1.55. The number of nitrogens with zero attached hydrogens (tertiary/aromatic N) is 2. The lowest BCUT2D eigenvalue weighted by Crippen LogP contribution is -2.53. The van der Waals surface area contributed by atoms with Gasteiger partial charge in [0.25, 0.3) is 0 Å². The molecule has 0 aliphatic carbocycles. The molecule has 2 rings (SSSR count). The lowest BCUT2D eigenvalue weighted by atomic mass is 10.1. The molecule has 1 aliphatic heterocycles. The van der Waals surface area contributed by atoms with Crippen molar-refractivity contribution in [1.82, 2.24) is 20.2 Å². The normalized spacial score (nSPS) is 18.8. The molecular formula is C12H18N4O4. The highest BCUT2D eigenvalue weighted by atomic mass is 16.5. The molecule has 8 heteroatoms. The minimum atomic E-state index is -0.936. The van der Waals surface area contributed by atoms with Gasteiger partial charge in [0.15, 0.2) is 0 Å². The first-order chi connectivity index (χ1) is 9.66. The number of aromatic nitrogens is 2. The number of carbonyl (C=O) groups excluding carboxylic acids is 1. The van der Waals surface area contributed by atoms with E-state index in [9.17, 15) is 9.59 Å². The number of aromatic amines is 1. The molecule has 0 aromatic carbocycles. The number of carboxylic acids is 1. The Hall–Kier alpha value is -2.09. The molecule has 0 bridgehead atoms. The van der Waals surface area contributed by atoms with Crippen LogP contribution in [0, 0.1) is 0 Å². The number of hydrogen-bond donors (Lipinski definition) is 3. The van der Waals surface area contributed by atoms with Crippen LogP contribution in [-0.4, -0.2) is 64.3 Å². The molecule has 1 aliphatic rings. The summed E-state index contributed by atoms with van der Waals surface area (Å²) in [5, 5.41) is 11.6. The highest BCUT2D eigenvalue weighted by molar-refractivity contribution is 5.76. The van der Waals surface area contributed by atoms with Crippen LogP contribution >= 0.6 is 0 Å². The van der Waals surface area contributed by atoms with E-state index in [1.54, 1.807) is 12.4 Å². The van der Waals surface area contributed by atoms with Crippen LogP contribution in [0.2, 0.25) is 0 Å². The molecule has 110 valence electrons. The van der Waals surface area contributed by atoms with Gasteiger partial charge in [0.05, 0.1) is 25.7 Å². The Kier molecular flexibility index (Phi) is 4.94. The number of nitrogens with one attached hydrogen (secondary N) is 2. The van der Waals surface area contributed by atoms with Crippen LogP contribution in [0.15, 0.2) is 12.4 Å². The zero-order chi connectivity index (χ0) is 14.4. The second kappa shape index (κ2) is 6.90. The number of amides is 2. The van der Waals surface area contributed by atoms with E-state index < -0.39 is 12.0 Å². The van der Waals surface area contributed by atoms with Gasteiger partial charge in [0.1, 0.15) is 5.82 Å². The molecular weight excluding hydrogens is 264 g/mol. The summed E-state index contributed by atoms with van der Waals surface area (Å²) < 4.78 is 5.23. The van der Waals surface area contributed by atoms with Crippen molar-refractivity contribution in [2.75, 3.05) is 26.3 Å². The monoisotopic (exact) mass is 282 g/mol. The number of H-pyrrole nitrogens is 1. The molecule has 8 nitrogen and oxygen atoms in total. The quantitative estimate of drug-likeness (QED) is 0.695. The van der Waals surface area contributed by atoms with Gasteiger partial charge >= 0.3 is 12.0 Å². The Labute approximate surface area is 116 Å². The van der Waals surface area contributed by atoms with E-state index in [1.165, 1.54) is 4.90 Å². The van der Waals surface area contributed by atoms with E-state index in [0.29, 0.717) is 26.1 Å². The fraction of sp³-hybridized carbons (Fsp3) is 0.583. The maximum Gasteiger partial charge on any atom is 0.317 e. The molecule has 0 radical (unpaired) electrons. The molecule has 3 N–H and O–H groups in total. The van der Waals surface area contributed by atoms with Gasteiger partial charge < -0.3 is 25.0 Å². The summed E-state index contributed by atoms with van der Waals surface area (Å²) >= 11 is 0. The molecule has 2 heterocycles. The fourth-order valence-corrected chi connectivity index (χ4v) is 2.12. The Morgan fingerprint density at radius 3 is 3.15 bits per heavy atom. The van der Waals surface area contributed by atoms with Gasteiger partial charge in [0.2, 0.25) is 0 Å². The molecule has 2 amide bonds. The van der Waals surface area contributed by atoms with Crippen molar-refractivity contribution in [2.45, 2.75) is 18.9 Å². The third-order valence-corrected chi connectivity index (χ3v) is 3.09. The van der Waals surface area contributed by atoms with E-state index >= 15 is 0 Å². The summed E-state index contributed by atoms with van der Waals surface area (Å²) in [5.41, 5.74) is 0. The molecule has 1 fully saturated rings. The Morgan fingerprint density at radius 1 is 1.60 bits per heavy atom. The molecule has 1 saturated heterocycles. The van der Waals surface area contributed by atoms with Crippen LogP contribution in [-0.2, 0) is 16.0 Å². The molecule has 1 atom stereocenters. The van der Waals surface area contributed by atoms with Crippen molar-refractivity contribution in [2.24, 2.45) is 0 Å². The predicted molar refractivity (Wildman–Crippen MR) is 69.3 cm³/mol. The Bertz CT molecular complexity index is 448. The van der Waals surface area contributed by atoms with Gasteiger partial charge in [-0.25, -0.2) is 9.78 Å². The number of aliphatic carboxylic acids is 1. The average Bonchev–Trinajstić information content (AvgIpc) is 2.91. The second-order valence-corrected chi connectivity index (χ2v) is 4.54. The van der Waals surface area contributed by atoms with Gasteiger partial charge in [-0.2, -0.15) is 0 Å². The zero-order valence-corrected chi connectivity index (χ0v) is 11.0. The molecule has 1 aromatic rings. The van der Waals surface area contributed by atoms with Gasteiger partial charge in [-0.15, -0.1) is 0 Å². The smallest absolute Gasteiger partial charge is 0.317 e. The van der Waals surface area contributed by atoms with Crippen molar-refractivity contribution in [3.8, 4) is 0 Å². The number of ether oxygens (including phenoxy) is 1. The van der Waals surface area contributed by atoms with Crippen LogP contribution in [0.5, 0.6) is 0 Å². The standard InChI is InChI=1S/C12H18N4O4/c17-11(18)7-9-8-20-6-5-16(9)12(19)15-2-1-10-13-3-4-14-10/h3-4,9H,1-2,5-8H2,(H,13,14)(H,15,19)(H,17,18). The van der Waals surface area contributed by atoms with Crippen LogP contribution in [0.25, 0.3) is 0 Å². The SMILES string of the molecule is O=C(O)CC1COCCN1C(=O)NCCc1ncc[nH]1. The van der Waals surface area contributed by atoms with Crippen molar-refractivity contribution >= 4 is 12.0 Å². The minimum absolute atomic E-state index is 0.106. The molecule has 0 saturated carbocycles. The third-order valence-electron chi connectivity index (χ3n) is 3.09. The number of morpholine rings is 1. The van der Waals surface area contributed by atoms with Gasteiger partial charge in [-0.1, -0.05) is 0 Å². The van der Waals surface area contributed by atoms with E-state index in [2.05, 4.69) is 15.3 Å². The highest BCUT2D eigenvalue weighted by Gasteiger charge is 2.28. The zero-order valence-electron chi connectivity index (χ0n) is 11.0. The summed E-state index contributed by atoms with van der Waals surface area (Å²) in [7, 11) is 0. The first kappa shape index (κ1) is 14.3. The summed E-state index contributed by atoms with van der Waals surface area (Å²) in [5.74, 6) is -0.136. The molecule has 20 heavy (non-hydrogen) atoms. The van der Waals surface area contributed by atoms with E-state index in [-0.39, 0.29) is 19.1 Å². The van der Waals surface area contributed by atoms with Crippen LogP contribution in [0.4, 0.5) is 4.79 Å². The number of urea groups is 1. The van der Waals surface area contributed by atoms with Crippen molar-refractivity contribution < 1.29 is 19.4 Å². The lowest BCUT2D eigenvalue weighted by Gasteiger charge is -2.34.